The number of allylic oxidation sites excluding steroid dienone is 4. The van der Waals surface area contributed by atoms with Crippen LogP contribution >= 0.6 is 0 Å². The predicted molar refractivity (Wildman–Crippen MR) is 106 cm³/mol. The molecule has 0 saturated heterocycles. The Hall–Kier alpha value is -2.28. The number of benzene rings is 2. The van der Waals surface area contributed by atoms with Gasteiger partial charge in [-0.1, -0.05) is 74.5 Å². The van der Waals surface area contributed by atoms with E-state index in [4.69, 9.17) is 4.74 Å². The molecule has 0 radical (unpaired) electrons. The first-order chi connectivity index (χ1) is 12.0. The molecule has 0 amide bonds. The molecule has 0 aliphatic heterocycles. The van der Waals surface area contributed by atoms with Crippen LogP contribution in [-0.4, -0.2) is 7.11 Å². The third-order valence-electron chi connectivity index (χ3n) is 5.46. The van der Waals surface area contributed by atoms with E-state index in [9.17, 15) is 0 Å². The van der Waals surface area contributed by atoms with Crippen LogP contribution in [0.3, 0.4) is 0 Å². The van der Waals surface area contributed by atoms with E-state index in [-0.39, 0.29) is 10.8 Å². The average Bonchev–Trinajstić information content (AvgIpc) is 2.83. The van der Waals surface area contributed by atoms with Gasteiger partial charge >= 0.3 is 0 Å². The minimum Gasteiger partial charge on any atom is -0.497 e. The van der Waals surface area contributed by atoms with Crippen molar-refractivity contribution in [3.8, 4) is 5.75 Å². The van der Waals surface area contributed by atoms with Crippen LogP contribution in [0.4, 0.5) is 0 Å². The molecule has 1 aliphatic carbocycles. The SMILES string of the molecule is COc1ccc(C(C)(C2=CCCC(C)(C)C=C2)c2ccccc2)cc1. The number of hydrogen-bond acceptors (Lipinski definition) is 1. The molecule has 0 fully saturated rings. The molecule has 0 saturated carbocycles. The van der Waals surface area contributed by atoms with Crippen LogP contribution in [0.1, 0.15) is 44.7 Å². The van der Waals surface area contributed by atoms with Crippen molar-refractivity contribution < 1.29 is 4.74 Å². The van der Waals surface area contributed by atoms with Gasteiger partial charge in [0.25, 0.3) is 0 Å². The summed E-state index contributed by atoms with van der Waals surface area (Å²) in [5, 5.41) is 0. The lowest BCUT2D eigenvalue weighted by Crippen LogP contribution is -2.25. The number of hydrogen-bond donors (Lipinski definition) is 0. The quantitative estimate of drug-likeness (QED) is 0.638. The van der Waals surface area contributed by atoms with Gasteiger partial charge in [0.05, 0.1) is 7.11 Å². The molecule has 2 aromatic rings. The van der Waals surface area contributed by atoms with Crippen LogP contribution in [0.25, 0.3) is 0 Å². The second kappa shape index (κ2) is 6.92. The first kappa shape index (κ1) is 17.5. The zero-order valence-electron chi connectivity index (χ0n) is 15.8. The van der Waals surface area contributed by atoms with Crippen molar-refractivity contribution in [2.75, 3.05) is 7.11 Å². The molecule has 2 aromatic carbocycles. The molecule has 0 heterocycles. The van der Waals surface area contributed by atoms with E-state index < -0.39 is 0 Å². The van der Waals surface area contributed by atoms with Crippen LogP contribution < -0.4 is 4.74 Å². The average molecular weight is 332 g/mol. The first-order valence-electron chi connectivity index (χ1n) is 9.06. The van der Waals surface area contributed by atoms with E-state index in [1.165, 1.54) is 23.1 Å². The Morgan fingerprint density at radius 2 is 1.56 bits per heavy atom. The summed E-state index contributed by atoms with van der Waals surface area (Å²) in [7, 11) is 1.71. The van der Waals surface area contributed by atoms with Gasteiger partial charge < -0.3 is 4.74 Å². The second-order valence-electron chi connectivity index (χ2n) is 7.74. The minimum atomic E-state index is -0.176. The smallest absolute Gasteiger partial charge is 0.118 e. The Morgan fingerprint density at radius 3 is 2.20 bits per heavy atom. The Labute approximate surface area is 152 Å². The van der Waals surface area contributed by atoms with Crippen molar-refractivity contribution in [2.45, 2.75) is 39.0 Å². The van der Waals surface area contributed by atoms with Crippen molar-refractivity contribution >= 4 is 0 Å². The number of methoxy groups -OCH3 is 1. The predicted octanol–water partition coefficient (Wildman–Crippen LogP) is 6.30. The highest BCUT2D eigenvalue weighted by Crippen LogP contribution is 2.42. The van der Waals surface area contributed by atoms with Gasteiger partial charge in [-0.2, -0.15) is 0 Å². The molecular formula is C24H28O. The summed E-state index contributed by atoms with van der Waals surface area (Å²) in [5.41, 5.74) is 4.04. The summed E-state index contributed by atoms with van der Waals surface area (Å²) in [6.45, 7) is 6.96. The van der Waals surface area contributed by atoms with Crippen LogP contribution in [-0.2, 0) is 5.41 Å². The van der Waals surface area contributed by atoms with Crippen molar-refractivity contribution in [1.29, 1.82) is 0 Å². The second-order valence-corrected chi connectivity index (χ2v) is 7.74. The van der Waals surface area contributed by atoms with Crippen LogP contribution in [0.5, 0.6) is 5.75 Å². The fraction of sp³-hybridized carbons (Fsp3) is 0.333. The van der Waals surface area contributed by atoms with Gasteiger partial charge in [0.2, 0.25) is 0 Å². The number of ether oxygens (including phenoxy) is 1. The molecule has 130 valence electrons. The van der Waals surface area contributed by atoms with E-state index in [0.29, 0.717) is 0 Å². The Morgan fingerprint density at radius 1 is 0.920 bits per heavy atom. The maximum atomic E-state index is 5.35. The van der Waals surface area contributed by atoms with Gasteiger partial charge in [-0.05, 0) is 54.0 Å². The normalized spacial score (nSPS) is 18.8. The fourth-order valence-electron chi connectivity index (χ4n) is 3.63. The first-order valence-corrected chi connectivity index (χ1v) is 9.06. The molecule has 0 aromatic heterocycles. The summed E-state index contributed by atoms with van der Waals surface area (Å²) >= 11 is 0. The van der Waals surface area contributed by atoms with Crippen LogP contribution in [0.15, 0.2) is 78.4 Å². The molecule has 3 rings (SSSR count). The summed E-state index contributed by atoms with van der Waals surface area (Å²) < 4.78 is 5.35. The molecule has 0 spiro atoms. The largest absolute Gasteiger partial charge is 0.497 e. The van der Waals surface area contributed by atoms with Gasteiger partial charge in [0.1, 0.15) is 5.75 Å². The molecule has 0 N–H and O–H groups in total. The van der Waals surface area contributed by atoms with E-state index in [1.807, 2.05) is 0 Å². The summed E-state index contributed by atoms with van der Waals surface area (Å²) in [4.78, 5) is 0. The van der Waals surface area contributed by atoms with Gasteiger partial charge in [-0.25, -0.2) is 0 Å². The Balaban J connectivity index is 2.14. The van der Waals surface area contributed by atoms with Gasteiger partial charge in [0, 0.05) is 5.41 Å². The van der Waals surface area contributed by atoms with E-state index in [2.05, 4.69) is 93.6 Å². The summed E-state index contributed by atoms with van der Waals surface area (Å²) in [5.74, 6) is 0.894. The molecule has 1 heteroatoms. The molecule has 1 atom stereocenters. The lowest BCUT2D eigenvalue weighted by molar-refractivity contribution is 0.414. The molecular weight excluding hydrogens is 304 g/mol. The van der Waals surface area contributed by atoms with E-state index >= 15 is 0 Å². The lowest BCUT2D eigenvalue weighted by atomic mass is 9.70. The van der Waals surface area contributed by atoms with Crippen LogP contribution in [0, 0.1) is 5.41 Å². The molecule has 1 nitrogen and oxygen atoms in total. The number of rotatable bonds is 4. The van der Waals surface area contributed by atoms with Gasteiger partial charge in [0.15, 0.2) is 0 Å². The Kier molecular flexibility index (Phi) is 4.85. The lowest BCUT2D eigenvalue weighted by Gasteiger charge is -2.33. The molecule has 1 unspecified atom stereocenters. The van der Waals surface area contributed by atoms with Gasteiger partial charge in [-0.15, -0.1) is 0 Å². The minimum absolute atomic E-state index is 0.176. The van der Waals surface area contributed by atoms with E-state index in [0.717, 1.165) is 12.2 Å². The maximum Gasteiger partial charge on any atom is 0.118 e. The van der Waals surface area contributed by atoms with Crippen molar-refractivity contribution in [2.24, 2.45) is 5.41 Å². The highest BCUT2D eigenvalue weighted by Gasteiger charge is 2.33. The zero-order valence-corrected chi connectivity index (χ0v) is 15.8. The van der Waals surface area contributed by atoms with Crippen molar-refractivity contribution in [3.05, 3.63) is 89.5 Å². The monoisotopic (exact) mass is 332 g/mol. The van der Waals surface area contributed by atoms with Crippen molar-refractivity contribution in [1.82, 2.24) is 0 Å². The Bertz CT molecular complexity index is 766. The highest BCUT2D eigenvalue weighted by atomic mass is 16.5. The summed E-state index contributed by atoms with van der Waals surface area (Å²) in [6, 6.07) is 19.3. The standard InChI is InChI=1S/C24H28O/c1-23(2)17-8-11-20(16-18-23)24(3,19-9-6-5-7-10-19)21-12-14-22(25-4)15-13-21/h5-7,9-16,18H,8,17H2,1-4H3. The van der Waals surface area contributed by atoms with Crippen molar-refractivity contribution in [3.63, 3.8) is 0 Å². The fourth-order valence-corrected chi connectivity index (χ4v) is 3.63. The topological polar surface area (TPSA) is 9.23 Å². The molecule has 0 bridgehead atoms. The van der Waals surface area contributed by atoms with Crippen LogP contribution in [0.2, 0.25) is 0 Å². The third-order valence-corrected chi connectivity index (χ3v) is 5.46. The molecule has 1 aliphatic rings. The van der Waals surface area contributed by atoms with E-state index in [1.54, 1.807) is 7.11 Å². The highest BCUT2D eigenvalue weighted by molar-refractivity contribution is 5.52. The summed E-state index contributed by atoms with van der Waals surface area (Å²) in [6.07, 6.45) is 9.41. The van der Waals surface area contributed by atoms with Gasteiger partial charge in [-0.3, -0.25) is 0 Å². The molecule has 25 heavy (non-hydrogen) atoms. The maximum absolute atomic E-state index is 5.35. The third kappa shape index (κ3) is 3.56. The zero-order chi connectivity index (χ0) is 17.9.